The zero-order valence-corrected chi connectivity index (χ0v) is 10.1. The maximum absolute atomic E-state index is 12.6. The molecule has 1 N–H and O–H groups in total. The van der Waals surface area contributed by atoms with Crippen molar-refractivity contribution in [2.24, 2.45) is 0 Å². The highest BCUT2D eigenvalue weighted by atomic mass is 19.1. The fourth-order valence-electron chi connectivity index (χ4n) is 1.64. The molecule has 0 saturated heterocycles. The smallest absolute Gasteiger partial charge is 0.272 e. The van der Waals surface area contributed by atoms with Gasteiger partial charge in [0.15, 0.2) is 5.82 Å². The zero-order chi connectivity index (χ0) is 13.8. The van der Waals surface area contributed by atoms with Crippen molar-refractivity contribution in [3.63, 3.8) is 0 Å². The van der Waals surface area contributed by atoms with Crippen LogP contribution in [-0.2, 0) is 6.54 Å². The maximum atomic E-state index is 12.6. The topological polar surface area (TPSA) is 81.0 Å². The third kappa shape index (κ3) is 3.01. The van der Waals surface area contributed by atoms with E-state index in [0.29, 0.717) is 12.1 Å². The Bertz CT molecular complexity index is 601. The second-order valence-corrected chi connectivity index (χ2v) is 3.90. The molecule has 0 bridgehead atoms. The van der Waals surface area contributed by atoms with Gasteiger partial charge in [-0.15, -0.1) is 0 Å². The highest BCUT2D eigenvalue weighted by Gasteiger charge is 2.12. The molecule has 19 heavy (non-hydrogen) atoms. The Morgan fingerprint density at radius 1 is 1.37 bits per heavy atom. The maximum Gasteiger partial charge on any atom is 0.272 e. The molecule has 0 atom stereocenters. The van der Waals surface area contributed by atoms with Crippen molar-refractivity contribution in [3.8, 4) is 0 Å². The fraction of sp³-hybridized carbons (Fsp3) is 0.167. The first kappa shape index (κ1) is 12.9. The summed E-state index contributed by atoms with van der Waals surface area (Å²) in [5.74, 6) is -0.246. The Kier molecular flexibility index (Phi) is 3.65. The Morgan fingerprint density at radius 2 is 2.05 bits per heavy atom. The van der Waals surface area contributed by atoms with Gasteiger partial charge in [0, 0.05) is 18.2 Å². The number of nitro benzene ring substituents is 1. The number of aromatic nitrogens is 2. The Hall–Kier alpha value is -2.57. The third-order valence-electron chi connectivity index (χ3n) is 2.67. The highest BCUT2D eigenvalue weighted by molar-refractivity contribution is 5.45. The van der Waals surface area contributed by atoms with Crippen molar-refractivity contribution in [2.75, 3.05) is 5.32 Å². The standard InChI is InChI=1S/C12H11FN4O2/c1-8-9(3-2-4-11(8)17(18)19)5-14-12-15-6-10(13)7-16-12/h2-4,6-7H,5H2,1H3,(H,14,15,16). The molecule has 6 nitrogen and oxygen atoms in total. The summed E-state index contributed by atoms with van der Waals surface area (Å²) in [5.41, 5.74) is 1.42. The van der Waals surface area contributed by atoms with Crippen LogP contribution in [0.2, 0.25) is 0 Å². The van der Waals surface area contributed by atoms with Crippen LogP contribution in [-0.4, -0.2) is 14.9 Å². The van der Waals surface area contributed by atoms with Gasteiger partial charge in [0.2, 0.25) is 5.95 Å². The van der Waals surface area contributed by atoms with E-state index in [0.717, 1.165) is 18.0 Å². The van der Waals surface area contributed by atoms with Crippen LogP contribution in [0, 0.1) is 22.9 Å². The Balaban J connectivity index is 2.13. The van der Waals surface area contributed by atoms with Crippen LogP contribution in [0.1, 0.15) is 11.1 Å². The lowest BCUT2D eigenvalue weighted by atomic mass is 10.1. The molecule has 1 heterocycles. The van der Waals surface area contributed by atoms with Crippen molar-refractivity contribution in [2.45, 2.75) is 13.5 Å². The van der Waals surface area contributed by atoms with Crippen LogP contribution >= 0.6 is 0 Å². The largest absolute Gasteiger partial charge is 0.350 e. The van der Waals surface area contributed by atoms with Gasteiger partial charge in [-0.05, 0) is 12.5 Å². The van der Waals surface area contributed by atoms with Gasteiger partial charge in [-0.25, -0.2) is 14.4 Å². The summed E-state index contributed by atoms with van der Waals surface area (Å²) >= 11 is 0. The molecular formula is C12H11FN4O2. The second kappa shape index (κ2) is 5.38. The third-order valence-corrected chi connectivity index (χ3v) is 2.67. The molecule has 98 valence electrons. The van der Waals surface area contributed by atoms with E-state index in [4.69, 9.17) is 0 Å². The molecule has 0 radical (unpaired) electrons. The normalized spacial score (nSPS) is 10.2. The monoisotopic (exact) mass is 262 g/mol. The minimum Gasteiger partial charge on any atom is -0.350 e. The van der Waals surface area contributed by atoms with Crippen LogP contribution in [0.3, 0.4) is 0 Å². The minimum atomic E-state index is -0.517. The molecule has 0 aliphatic rings. The first-order chi connectivity index (χ1) is 9.08. The number of hydrogen-bond donors (Lipinski definition) is 1. The van der Waals surface area contributed by atoms with Gasteiger partial charge in [0.1, 0.15) is 0 Å². The lowest BCUT2D eigenvalue weighted by Gasteiger charge is -2.07. The van der Waals surface area contributed by atoms with Crippen LogP contribution in [0.15, 0.2) is 30.6 Å². The van der Waals surface area contributed by atoms with Gasteiger partial charge < -0.3 is 5.32 Å². The summed E-state index contributed by atoms with van der Waals surface area (Å²) in [6.45, 7) is 2.01. The van der Waals surface area contributed by atoms with Crippen molar-refractivity contribution in [3.05, 3.63) is 57.7 Å². The van der Waals surface area contributed by atoms with Crippen LogP contribution in [0.5, 0.6) is 0 Å². The number of halogens is 1. The molecule has 0 saturated carbocycles. The summed E-state index contributed by atoms with van der Waals surface area (Å²) < 4.78 is 12.6. The molecule has 0 fully saturated rings. The van der Waals surface area contributed by atoms with E-state index < -0.39 is 10.7 Å². The molecule has 2 aromatic rings. The van der Waals surface area contributed by atoms with E-state index in [1.165, 1.54) is 6.07 Å². The molecular weight excluding hydrogens is 251 g/mol. The van der Waals surface area contributed by atoms with E-state index in [9.17, 15) is 14.5 Å². The van der Waals surface area contributed by atoms with Crippen LogP contribution in [0.25, 0.3) is 0 Å². The average Bonchev–Trinajstić information content (AvgIpc) is 2.39. The van der Waals surface area contributed by atoms with Gasteiger partial charge >= 0.3 is 0 Å². The molecule has 0 spiro atoms. The van der Waals surface area contributed by atoms with Gasteiger partial charge in [0.25, 0.3) is 5.69 Å². The molecule has 0 aliphatic heterocycles. The van der Waals surface area contributed by atoms with Crippen molar-refractivity contribution in [1.82, 2.24) is 9.97 Å². The predicted octanol–water partition coefficient (Wildman–Crippen LogP) is 2.44. The number of anilines is 1. The van der Waals surface area contributed by atoms with Crippen molar-refractivity contribution in [1.29, 1.82) is 0 Å². The highest BCUT2D eigenvalue weighted by Crippen LogP contribution is 2.21. The van der Waals surface area contributed by atoms with Crippen molar-refractivity contribution >= 4 is 11.6 Å². The SMILES string of the molecule is Cc1c(CNc2ncc(F)cn2)cccc1[N+](=O)[O-]. The molecule has 1 aromatic carbocycles. The number of rotatable bonds is 4. The zero-order valence-electron chi connectivity index (χ0n) is 10.1. The molecule has 2 rings (SSSR count). The Morgan fingerprint density at radius 3 is 2.68 bits per heavy atom. The van der Waals surface area contributed by atoms with E-state index in [2.05, 4.69) is 15.3 Å². The summed E-state index contributed by atoms with van der Waals surface area (Å²) in [6, 6.07) is 4.85. The summed E-state index contributed by atoms with van der Waals surface area (Å²) in [7, 11) is 0. The number of nitro groups is 1. The van der Waals surface area contributed by atoms with E-state index in [-0.39, 0.29) is 11.6 Å². The molecule has 0 aliphatic carbocycles. The van der Waals surface area contributed by atoms with Gasteiger partial charge in [-0.3, -0.25) is 10.1 Å². The lowest BCUT2D eigenvalue weighted by Crippen LogP contribution is -2.06. The van der Waals surface area contributed by atoms with E-state index in [1.807, 2.05) is 0 Å². The number of benzene rings is 1. The summed E-state index contributed by atoms with van der Waals surface area (Å²) in [4.78, 5) is 17.9. The minimum absolute atomic E-state index is 0.0688. The fourth-order valence-corrected chi connectivity index (χ4v) is 1.64. The van der Waals surface area contributed by atoms with Gasteiger partial charge in [0.05, 0.1) is 17.3 Å². The van der Waals surface area contributed by atoms with E-state index >= 15 is 0 Å². The van der Waals surface area contributed by atoms with Crippen LogP contribution in [0.4, 0.5) is 16.0 Å². The molecule has 1 aromatic heterocycles. The summed E-state index contributed by atoms with van der Waals surface area (Å²) in [5, 5.41) is 13.7. The van der Waals surface area contributed by atoms with E-state index in [1.54, 1.807) is 19.1 Å². The lowest BCUT2D eigenvalue weighted by molar-refractivity contribution is -0.385. The summed E-state index contributed by atoms with van der Waals surface area (Å²) in [6.07, 6.45) is 2.10. The van der Waals surface area contributed by atoms with Gasteiger partial charge in [-0.2, -0.15) is 0 Å². The number of nitrogens with one attached hydrogen (secondary N) is 1. The van der Waals surface area contributed by atoms with Crippen molar-refractivity contribution < 1.29 is 9.31 Å². The number of nitrogens with zero attached hydrogens (tertiary/aromatic N) is 3. The first-order valence-electron chi connectivity index (χ1n) is 5.52. The first-order valence-corrected chi connectivity index (χ1v) is 5.52. The molecule has 7 heteroatoms. The van der Waals surface area contributed by atoms with Gasteiger partial charge in [-0.1, -0.05) is 12.1 Å². The quantitative estimate of drug-likeness (QED) is 0.676. The van der Waals surface area contributed by atoms with Crippen LogP contribution < -0.4 is 5.32 Å². The Labute approximate surface area is 108 Å². The average molecular weight is 262 g/mol. The molecule has 0 unspecified atom stereocenters. The number of hydrogen-bond acceptors (Lipinski definition) is 5. The predicted molar refractivity (Wildman–Crippen MR) is 67.2 cm³/mol. The molecule has 0 amide bonds. The second-order valence-electron chi connectivity index (χ2n) is 3.90.